The average Bonchev–Trinajstić information content (AvgIpc) is 2.39. The molecule has 19 heavy (non-hydrogen) atoms. The van der Waals surface area contributed by atoms with Gasteiger partial charge >= 0.3 is 0 Å². The van der Waals surface area contributed by atoms with Gasteiger partial charge in [-0.1, -0.05) is 13.0 Å². The summed E-state index contributed by atoms with van der Waals surface area (Å²) >= 11 is 0. The Balaban J connectivity index is 2.54. The molecule has 0 aliphatic heterocycles. The molecule has 1 aromatic heterocycles. The van der Waals surface area contributed by atoms with Crippen LogP contribution in [-0.4, -0.2) is 37.8 Å². The van der Waals surface area contributed by atoms with E-state index in [2.05, 4.69) is 49.1 Å². The molecule has 0 aliphatic rings. The van der Waals surface area contributed by atoms with E-state index in [1.165, 1.54) is 5.56 Å². The monoisotopic (exact) mass is 265 g/mol. The maximum absolute atomic E-state index is 5.59. The number of hydrogen-bond acceptors (Lipinski definition) is 4. The van der Waals surface area contributed by atoms with Gasteiger partial charge in [-0.3, -0.25) is 0 Å². The molecule has 4 heteroatoms. The van der Waals surface area contributed by atoms with Crippen LogP contribution in [0.2, 0.25) is 0 Å². The second kappa shape index (κ2) is 8.88. The SMILES string of the molecule is CCCNCc1cccnc1N(C)CCOC(C)C. The number of ether oxygens (including phenoxy) is 1. The Kier molecular flexibility index (Phi) is 7.45. The molecule has 0 amide bonds. The van der Waals surface area contributed by atoms with E-state index in [1.807, 2.05) is 12.3 Å². The fraction of sp³-hybridized carbons (Fsp3) is 0.667. The molecule has 1 aromatic rings. The molecule has 0 unspecified atom stereocenters. The molecule has 108 valence electrons. The molecule has 0 fully saturated rings. The zero-order chi connectivity index (χ0) is 14.1. The minimum atomic E-state index is 0.280. The highest BCUT2D eigenvalue weighted by molar-refractivity contribution is 5.45. The summed E-state index contributed by atoms with van der Waals surface area (Å²) in [6.45, 7) is 9.78. The third-order valence-corrected chi connectivity index (χ3v) is 2.85. The number of nitrogens with zero attached hydrogens (tertiary/aromatic N) is 2. The van der Waals surface area contributed by atoms with Crippen LogP contribution in [0.15, 0.2) is 18.3 Å². The van der Waals surface area contributed by atoms with Gasteiger partial charge in [0.05, 0.1) is 12.7 Å². The van der Waals surface area contributed by atoms with Gasteiger partial charge in [0.15, 0.2) is 0 Å². The first kappa shape index (κ1) is 15.9. The summed E-state index contributed by atoms with van der Waals surface area (Å²) in [5.41, 5.74) is 1.24. The standard InChI is InChI=1S/C15H27N3O/c1-5-8-16-12-14-7-6-9-17-15(14)18(4)10-11-19-13(2)3/h6-7,9,13,16H,5,8,10-12H2,1-4H3. The highest BCUT2D eigenvalue weighted by Crippen LogP contribution is 2.15. The first-order valence-electron chi connectivity index (χ1n) is 7.12. The zero-order valence-corrected chi connectivity index (χ0v) is 12.6. The topological polar surface area (TPSA) is 37.4 Å². The van der Waals surface area contributed by atoms with Crippen LogP contribution in [0.4, 0.5) is 5.82 Å². The van der Waals surface area contributed by atoms with Crippen molar-refractivity contribution in [1.29, 1.82) is 0 Å². The van der Waals surface area contributed by atoms with Crippen LogP contribution in [-0.2, 0) is 11.3 Å². The molecule has 1 N–H and O–H groups in total. The van der Waals surface area contributed by atoms with Crippen molar-refractivity contribution in [2.75, 3.05) is 31.6 Å². The first-order valence-corrected chi connectivity index (χ1v) is 7.12. The summed E-state index contributed by atoms with van der Waals surface area (Å²) in [7, 11) is 2.06. The number of rotatable bonds is 9. The summed E-state index contributed by atoms with van der Waals surface area (Å²) < 4.78 is 5.59. The lowest BCUT2D eigenvalue weighted by Crippen LogP contribution is -2.27. The lowest BCUT2D eigenvalue weighted by molar-refractivity contribution is 0.0845. The molecule has 0 spiro atoms. The highest BCUT2D eigenvalue weighted by Gasteiger charge is 2.08. The first-order chi connectivity index (χ1) is 9.15. The van der Waals surface area contributed by atoms with Crippen LogP contribution >= 0.6 is 0 Å². The van der Waals surface area contributed by atoms with Crippen molar-refractivity contribution in [3.05, 3.63) is 23.9 Å². The van der Waals surface area contributed by atoms with Crippen molar-refractivity contribution < 1.29 is 4.74 Å². The Labute approximate surface area is 117 Å². The molecule has 4 nitrogen and oxygen atoms in total. The van der Waals surface area contributed by atoms with Gasteiger partial charge in [-0.15, -0.1) is 0 Å². The predicted octanol–water partition coefficient (Wildman–Crippen LogP) is 2.44. The third kappa shape index (κ3) is 6.03. The Bertz CT molecular complexity index is 355. The van der Waals surface area contributed by atoms with Crippen LogP contribution in [0.3, 0.4) is 0 Å². The van der Waals surface area contributed by atoms with Gasteiger partial charge in [-0.25, -0.2) is 4.98 Å². The van der Waals surface area contributed by atoms with E-state index in [-0.39, 0.29) is 6.10 Å². The average molecular weight is 265 g/mol. The molecule has 0 bridgehead atoms. The van der Waals surface area contributed by atoms with Crippen molar-refractivity contribution >= 4 is 5.82 Å². The molecule has 0 saturated heterocycles. The van der Waals surface area contributed by atoms with Gasteiger partial charge < -0.3 is 15.0 Å². The van der Waals surface area contributed by atoms with Crippen LogP contribution in [0, 0.1) is 0 Å². The quantitative estimate of drug-likeness (QED) is 0.696. The van der Waals surface area contributed by atoms with Gasteiger partial charge in [-0.05, 0) is 32.9 Å². The largest absolute Gasteiger partial charge is 0.377 e. The molecular formula is C15H27N3O. The zero-order valence-electron chi connectivity index (χ0n) is 12.6. The number of hydrogen-bond donors (Lipinski definition) is 1. The van der Waals surface area contributed by atoms with E-state index in [4.69, 9.17) is 4.74 Å². The summed E-state index contributed by atoms with van der Waals surface area (Å²) in [5, 5.41) is 3.42. The summed E-state index contributed by atoms with van der Waals surface area (Å²) in [4.78, 5) is 6.64. The van der Waals surface area contributed by atoms with E-state index in [0.717, 1.165) is 38.5 Å². The summed E-state index contributed by atoms with van der Waals surface area (Å²) in [5.74, 6) is 1.04. The molecule has 0 aromatic carbocycles. The fourth-order valence-corrected chi connectivity index (χ4v) is 1.84. The van der Waals surface area contributed by atoms with Crippen molar-refractivity contribution in [2.45, 2.75) is 39.8 Å². The van der Waals surface area contributed by atoms with Crippen molar-refractivity contribution in [3.8, 4) is 0 Å². The van der Waals surface area contributed by atoms with Gasteiger partial charge in [0.25, 0.3) is 0 Å². The number of likely N-dealkylation sites (N-methyl/N-ethyl adjacent to an activating group) is 1. The highest BCUT2D eigenvalue weighted by atomic mass is 16.5. The molecule has 0 atom stereocenters. The van der Waals surface area contributed by atoms with Crippen LogP contribution in [0.5, 0.6) is 0 Å². The number of nitrogens with one attached hydrogen (secondary N) is 1. The van der Waals surface area contributed by atoms with Gasteiger partial charge in [0.2, 0.25) is 0 Å². The molecule has 1 rings (SSSR count). The molecule has 0 aliphatic carbocycles. The lowest BCUT2D eigenvalue weighted by atomic mass is 10.2. The lowest BCUT2D eigenvalue weighted by Gasteiger charge is -2.21. The van der Waals surface area contributed by atoms with E-state index in [9.17, 15) is 0 Å². The van der Waals surface area contributed by atoms with Crippen molar-refractivity contribution in [3.63, 3.8) is 0 Å². The second-order valence-corrected chi connectivity index (χ2v) is 5.00. The van der Waals surface area contributed by atoms with Gasteiger partial charge in [0, 0.05) is 31.9 Å². The van der Waals surface area contributed by atoms with Crippen LogP contribution in [0.25, 0.3) is 0 Å². The molecule has 1 heterocycles. The number of pyridine rings is 1. The van der Waals surface area contributed by atoms with Crippen molar-refractivity contribution in [2.24, 2.45) is 0 Å². The smallest absolute Gasteiger partial charge is 0.132 e. The Morgan fingerprint density at radius 1 is 1.42 bits per heavy atom. The minimum absolute atomic E-state index is 0.280. The van der Waals surface area contributed by atoms with E-state index in [1.54, 1.807) is 0 Å². The molecule has 0 saturated carbocycles. The third-order valence-electron chi connectivity index (χ3n) is 2.85. The number of aromatic nitrogens is 1. The second-order valence-electron chi connectivity index (χ2n) is 5.00. The summed E-state index contributed by atoms with van der Waals surface area (Å²) in [6.07, 6.45) is 3.27. The maximum atomic E-state index is 5.59. The maximum Gasteiger partial charge on any atom is 0.132 e. The predicted molar refractivity (Wildman–Crippen MR) is 80.6 cm³/mol. The minimum Gasteiger partial charge on any atom is -0.377 e. The fourth-order valence-electron chi connectivity index (χ4n) is 1.84. The Morgan fingerprint density at radius 3 is 2.89 bits per heavy atom. The van der Waals surface area contributed by atoms with E-state index < -0.39 is 0 Å². The van der Waals surface area contributed by atoms with E-state index >= 15 is 0 Å². The normalized spacial score (nSPS) is 11.0. The van der Waals surface area contributed by atoms with Crippen molar-refractivity contribution in [1.82, 2.24) is 10.3 Å². The van der Waals surface area contributed by atoms with Crippen LogP contribution in [0.1, 0.15) is 32.8 Å². The van der Waals surface area contributed by atoms with Gasteiger partial charge in [-0.2, -0.15) is 0 Å². The molecule has 0 radical (unpaired) electrons. The molecular weight excluding hydrogens is 238 g/mol. The van der Waals surface area contributed by atoms with Gasteiger partial charge in [0.1, 0.15) is 5.82 Å². The van der Waals surface area contributed by atoms with Crippen LogP contribution < -0.4 is 10.2 Å². The Morgan fingerprint density at radius 2 is 2.21 bits per heavy atom. The number of anilines is 1. The Hall–Kier alpha value is -1.13. The summed E-state index contributed by atoms with van der Waals surface area (Å²) in [6, 6.07) is 4.12. The van der Waals surface area contributed by atoms with E-state index in [0.29, 0.717) is 0 Å².